The molecule has 29 heavy (non-hydrogen) atoms. The van der Waals surface area contributed by atoms with Crippen LogP contribution in [0, 0.1) is 0 Å². The van der Waals surface area contributed by atoms with Crippen molar-refractivity contribution in [1.29, 1.82) is 0 Å². The number of hydrogen-bond donors (Lipinski definition) is 2. The van der Waals surface area contributed by atoms with Crippen LogP contribution in [0.25, 0.3) is 11.5 Å². The summed E-state index contributed by atoms with van der Waals surface area (Å²) in [4.78, 5) is 22.3. The van der Waals surface area contributed by atoms with Gasteiger partial charge < -0.3 is 20.0 Å². The van der Waals surface area contributed by atoms with Gasteiger partial charge in [-0.15, -0.1) is 5.10 Å². The van der Waals surface area contributed by atoms with Gasteiger partial charge in [-0.1, -0.05) is 12.6 Å². The zero-order valence-electron chi connectivity index (χ0n) is 15.8. The Morgan fingerprint density at radius 2 is 2.31 bits per heavy atom. The molecule has 1 saturated heterocycles. The third-order valence-corrected chi connectivity index (χ3v) is 4.61. The van der Waals surface area contributed by atoms with E-state index >= 15 is 0 Å². The molecule has 3 aromatic rings. The highest BCUT2D eigenvalue weighted by atomic mass is 16.3. The third kappa shape index (κ3) is 4.57. The van der Waals surface area contributed by atoms with Crippen molar-refractivity contribution in [2.75, 3.05) is 23.7 Å². The largest absolute Gasteiger partial charge is 0.445 e. The van der Waals surface area contributed by atoms with Gasteiger partial charge in [0.15, 0.2) is 5.82 Å². The molecule has 1 aromatic carbocycles. The van der Waals surface area contributed by atoms with Crippen LogP contribution in [-0.4, -0.2) is 50.1 Å². The first-order valence-corrected chi connectivity index (χ1v) is 9.36. The maximum Gasteiger partial charge on any atom is 0.246 e. The topological polar surface area (TPSA) is 109 Å². The molecular formula is C20H21N7O2. The molecule has 2 N–H and O–H groups in total. The molecular weight excluding hydrogens is 370 g/mol. The van der Waals surface area contributed by atoms with Gasteiger partial charge in [0.05, 0.1) is 12.4 Å². The van der Waals surface area contributed by atoms with Crippen LogP contribution >= 0.6 is 0 Å². The van der Waals surface area contributed by atoms with Crippen LogP contribution in [0.3, 0.4) is 0 Å². The van der Waals surface area contributed by atoms with Gasteiger partial charge in [0.25, 0.3) is 0 Å². The molecule has 1 aliphatic heterocycles. The van der Waals surface area contributed by atoms with Crippen molar-refractivity contribution in [3.63, 3.8) is 0 Å². The minimum Gasteiger partial charge on any atom is -0.445 e. The highest BCUT2D eigenvalue weighted by molar-refractivity contribution is 5.87. The summed E-state index contributed by atoms with van der Waals surface area (Å²) >= 11 is 0. The fraction of sp³-hybridized carbons (Fsp3) is 0.250. The Labute approximate surface area is 167 Å². The molecule has 0 unspecified atom stereocenters. The zero-order chi connectivity index (χ0) is 20.1. The van der Waals surface area contributed by atoms with Crippen LogP contribution in [0.5, 0.6) is 0 Å². The van der Waals surface area contributed by atoms with E-state index in [0.717, 1.165) is 30.6 Å². The Morgan fingerprint density at radius 3 is 3.14 bits per heavy atom. The van der Waals surface area contributed by atoms with Crippen LogP contribution in [-0.2, 0) is 4.79 Å². The first kappa shape index (κ1) is 18.6. The predicted molar refractivity (Wildman–Crippen MR) is 108 cm³/mol. The number of piperidine rings is 1. The lowest BCUT2D eigenvalue weighted by molar-refractivity contribution is -0.127. The number of anilines is 3. The Morgan fingerprint density at radius 1 is 1.38 bits per heavy atom. The van der Waals surface area contributed by atoms with Crippen LogP contribution in [0.2, 0.25) is 0 Å². The van der Waals surface area contributed by atoms with Gasteiger partial charge in [0.1, 0.15) is 6.26 Å². The zero-order valence-corrected chi connectivity index (χ0v) is 15.8. The standard InChI is InChI=1S/C20H21N7O2/c1-2-18(28)27-9-4-7-16(13-27)24-20-25-17(12-22-26-20)23-15-6-3-5-14(11-15)19-21-8-10-29-19/h2-3,5-6,8,10-12,16H,1,4,7,9,13H2,(H2,23,24,25,26)/t16-/m1/s1. The average Bonchev–Trinajstić information content (AvgIpc) is 3.29. The summed E-state index contributed by atoms with van der Waals surface area (Å²) in [6.45, 7) is 4.88. The predicted octanol–water partition coefficient (Wildman–Crippen LogP) is 2.86. The molecule has 0 aliphatic carbocycles. The van der Waals surface area contributed by atoms with Gasteiger partial charge in [-0.25, -0.2) is 4.98 Å². The summed E-state index contributed by atoms with van der Waals surface area (Å²) in [5, 5.41) is 14.6. The quantitative estimate of drug-likeness (QED) is 0.618. The first-order valence-electron chi connectivity index (χ1n) is 9.36. The van der Waals surface area contributed by atoms with Gasteiger partial charge in [0, 0.05) is 30.4 Å². The first-order chi connectivity index (χ1) is 14.2. The fourth-order valence-electron chi connectivity index (χ4n) is 3.28. The van der Waals surface area contributed by atoms with Crippen molar-refractivity contribution < 1.29 is 9.21 Å². The number of amides is 1. The van der Waals surface area contributed by atoms with E-state index in [9.17, 15) is 4.79 Å². The smallest absolute Gasteiger partial charge is 0.246 e. The number of nitrogens with one attached hydrogen (secondary N) is 2. The van der Waals surface area contributed by atoms with Crippen LogP contribution < -0.4 is 10.6 Å². The Bertz CT molecular complexity index is 990. The van der Waals surface area contributed by atoms with Gasteiger partial charge in [0.2, 0.25) is 17.7 Å². The molecule has 1 amide bonds. The molecule has 9 heteroatoms. The normalized spacial score (nSPS) is 16.3. The molecule has 0 spiro atoms. The summed E-state index contributed by atoms with van der Waals surface area (Å²) < 4.78 is 5.34. The second-order valence-corrected chi connectivity index (χ2v) is 6.68. The molecule has 2 aromatic heterocycles. The Kier molecular flexibility index (Phi) is 5.46. The summed E-state index contributed by atoms with van der Waals surface area (Å²) in [6.07, 6.45) is 7.89. The molecule has 1 fully saturated rings. The number of oxazole rings is 1. The van der Waals surface area contributed by atoms with E-state index in [1.807, 2.05) is 24.3 Å². The highest BCUT2D eigenvalue weighted by Gasteiger charge is 2.22. The fourth-order valence-corrected chi connectivity index (χ4v) is 3.28. The molecule has 148 valence electrons. The lowest BCUT2D eigenvalue weighted by Crippen LogP contribution is -2.44. The number of nitrogens with zero attached hydrogens (tertiary/aromatic N) is 5. The van der Waals surface area contributed by atoms with E-state index in [0.29, 0.717) is 24.2 Å². The second-order valence-electron chi connectivity index (χ2n) is 6.68. The average molecular weight is 391 g/mol. The van der Waals surface area contributed by atoms with Crippen LogP contribution in [0.15, 0.2) is 60.0 Å². The molecule has 9 nitrogen and oxygen atoms in total. The van der Waals surface area contributed by atoms with Gasteiger partial charge >= 0.3 is 0 Å². The number of benzene rings is 1. The maximum atomic E-state index is 11.9. The molecule has 1 aliphatic rings. The van der Waals surface area contributed by atoms with Crippen molar-refractivity contribution in [2.24, 2.45) is 0 Å². The van der Waals surface area contributed by atoms with Crippen molar-refractivity contribution >= 4 is 23.4 Å². The second kappa shape index (κ2) is 8.51. The summed E-state index contributed by atoms with van der Waals surface area (Å²) in [7, 11) is 0. The van der Waals surface area contributed by atoms with Crippen molar-refractivity contribution in [3.05, 3.63) is 55.6 Å². The molecule has 0 saturated carbocycles. The highest BCUT2D eigenvalue weighted by Crippen LogP contribution is 2.23. The van der Waals surface area contributed by atoms with Crippen molar-refractivity contribution in [1.82, 2.24) is 25.1 Å². The molecule has 0 radical (unpaired) electrons. The number of rotatable bonds is 6. The van der Waals surface area contributed by atoms with Crippen LogP contribution in [0.4, 0.5) is 17.5 Å². The lowest BCUT2D eigenvalue weighted by Gasteiger charge is -2.32. The number of hydrogen-bond acceptors (Lipinski definition) is 8. The van der Waals surface area contributed by atoms with E-state index < -0.39 is 0 Å². The summed E-state index contributed by atoms with van der Waals surface area (Å²) in [5.41, 5.74) is 1.68. The summed E-state index contributed by atoms with van der Waals surface area (Å²) in [5.74, 6) is 1.46. The number of carbonyl (C=O) groups is 1. The number of aromatic nitrogens is 4. The van der Waals surface area contributed by atoms with Gasteiger partial charge in [-0.3, -0.25) is 4.79 Å². The monoisotopic (exact) mass is 391 g/mol. The van der Waals surface area contributed by atoms with E-state index in [-0.39, 0.29) is 11.9 Å². The number of carbonyl (C=O) groups excluding carboxylic acids is 1. The Balaban J connectivity index is 1.43. The van der Waals surface area contributed by atoms with E-state index in [1.54, 1.807) is 17.3 Å². The third-order valence-electron chi connectivity index (χ3n) is 4.61. The van der Waals surface area contributed by atoms with E-state index in [1.165, 1.54) is 12.3 Å². The van der Waals surface area contributed by atoms with E-state index in [2.05, 4.69) is 37.4 Å². The molecule has 1 atom stereocenters. The van der Waals surface area contributed by atoms with Crippen LogP contribution in [0.1, 0.15) is 12.8 Å². The van der Waals surface area contributed by atoms with Crippen molar-refractivity contribution in [3.8, 4) is 11.5 Å². The summed E-state index contributed by atoms with van der Waals surface area (Å²) in [6, 6.07) is 7.73. The van der Waals surface area contributed by atoms with Gasteiger partial charge in [-0.05, 0) is 37.1 Å². The molecule has 0 bridgehead atoms. The maximum absolute atomic E-state index is 11.9. The molecule has 3 heterocycles. The van der Waals surface area contributed by atoms with Crippen molar-refractivity contribution in [2.45, 2.75) is 18.9 Å². The van der Waals surface area contributed by atoms with Gasteiger partial charge in [-0.2, -0.15) is 10.1 Å². The number of likely N-dealkylation sites (tertiary alicyclic amines) is 1. The molecule has 4 rings (SSSR count). The lowest BCUT2D eigenvalue weighted by atomic mass is 10.1. The minimum atomic E-state index is -0.0584. The Hall–Kier alpha value is -3.75. The van der Waals surface area contributed by atoms with E-state index in [4.69, 9.17) is 4.42 Å². The SMILES string of the molecule is C=CC(=O)N1CCC[C@@H](Nc2nncc(Nc3cccc(-c4ncco4)c3)n2)C1. The minimum absolute atomic E-state index is 0.0584.